The molecule has 1 saturated heterocycles. The van der Waals surface area contributed by atoms with E-state index in [1.807, 2.05) is 0 Å². The lowest BCUT2D eigenvalue weighted by molar-refractivity contribution is -0.122. The minimum Gasteiger partial charge on any atom is -0.376 e. The monoisotopic (exact) mass is 212 g/mol. The molecule has 2 unspecified atom stereocenters. The molecule has 15 heavy (non-hydrogen) atoms. The summed E-state index contributed by atoms with van der Waals surface area (Å²) < 4.78 is 5.66. The van der Waals surface area contributed by atoms with Crippen LogP contribution in [0.2, 0.25) is 0 Å². The summed E-state index contributed by atoms with van der Waals surface area (Å²) in [6, 6.07) is 0.253. The number of amides is 1. The van der Waals surface area contributed by atoms with Gasteiger partial charge < -0.3 is 15.8 Å². The summed E-state index contributed by atoms with van der Waals surface area (Å²) >= 11 is 0. The molecule has 1 amide bonds. The van der Waals surface area contributed by atoms with Crippen LogP contribution in [0.5, 0.6) is 0 Å². The van der Waals surface area contributed by atoms with Crippen LogP contribution < -0.4 is 11.1 Å². The van der Waals surface area contributed by atoms with Gasteiger partial charge >= 0.3 is 0 Å². The van der Waals surface area contributed by atoms with Gasteiger partial charge in [0, 0.05) is 13.0 Å². The summed E-state index contributed by atoms with van der Waals surface area (Å²) in [5.74, 6) is 0.828. The molecule has 2 rings (SSSR count). The van der Waals surface area contributed by atoms with Crippen molar-refractivity contribution in [3.63, 3.8) is 0 Å². The number of ether oxygens (including phenoxy) is 1. The van der Waals surface area contributed by atoms with E-state index in [1.165, 1.54) is 12.8 Å². The fourth-order valence-electron chi connectivity index (χ4n) is 2.20. The van der Waals surface area contributed by atoms with Crippen molar-refractivity contribution in [3.8, 4) is 0 Å². The fraction of sp³-hybridized carbons (Fsp3) is 0.909. The van der Waals surface area contributed by atoms with E-state index in [2.05, 4.69) is 5.32 Å². The highest BCUT2D eigenvalue weighted by molar-refractivity contribution is 5.76. The molecule has 0 aromatic carbocycles. The molecule has 2 atom stereocenters. The molecule has 2 aliphatic rings. The van der Waals surface area contributed by atoms with Crippen LogP contribution in [0.3, 0.4) is 0 Å². The van der Waals surface area contributed by atoms with E-state index in [0.29, 0.717) is 18.9 Å². The van der Waals surface area contributed by atoms with Gasteiger partial charge in [0.05, 0.1) is 12.1 Å². The van der Waals surface area contributed by atoms with Crippen LogP contribution in [0.1, 0.15) is 32.1 Å². The van der Waals surface area contributed by atoms with Crippen LogP contribution in [0, 0.1) is 5.92 Å². The van der Waals surface area contributed by atoms with E-state index in [1.54, 1.807) is 0 Å². The van der Waals surface area contributed by atoms with Gasteiger partial charge in [-0.15, -0.1) is 0 Å². The largest absolute Gasteiger partial charge is 0.376 e. The second-order valence-corrected chi connectivity index (χ2v) is 4.53. The van der Waals surface area contributed by atoms with Crippen molar-refractivity contribution in [2.75, 3.05) is 13.2 Å². The second kappa shape index (κ2) is 4.94. The SMILES string of the molecule is NCCCC(=O)NC1CCOC1C1CC1. The number of hydrogen-bond donors (Lipinski definition) is 2. The molecule has 4 heteroatoms. The Morgan fingerprint density at radius 1 is 1.40 bits per heavy atom. The third kappa shape index (κ3) is 2.92. The lowest BCUT2D eigenvalue weighted by Crippen LogP contribution is -2.41. The Kier molecular flexibility index (Phi) is 3.59. The molecule has 1 aliphatic carbocycles. The lowest BCUT2D eigenvalue weighted by Gasteiger charge is -2.19. The Morgan fingerprint density at radius 2 is 2.20 bits per heavy atom. The van der Waals surface area contributed by atoms with Gasteiger partial charge in [-0.1, -0.05) is 0 Å². The standard InChI is InChI=1S/C11H20N2O2/c12-6-1-2-10(14)13-9-5-7-15-11(9)8-3-4-8/h8-9,11H,1-7,12H2,(H,13,14). The molecule has 3 N–H and O–H groups in total. The average Bonchev–Trinajstić information content (AvgIpc) is 2.97. The van der Waals surface area contributed by atoms with Gasteiger partial charge in [0.15, 0.2) is 0 Å². The Bertz CT molecular complexity index is 229. The lowest BCUT2D eigenvalue weighted by atomic mass is 10.1. The van der Waals surface area contributed by atoms with Crippen molar-refractivity contribution < 1.29 is 9.53 Å². The van der Waals surface area contributed by atoms with E-state index in [9.17, 15) is 4.79 Å². The number of rotatable bonds is 5. The molecule has 0 radical (unpaired) electrons. The molecular weight excluding hydrogens is 192 g/mol. The van der Waals surface area contributed by atoms with E-state index < -0.39 is 0 Å². The summed E-state index contributed by atoms with van der Waals surface area (Å²) in [4.78, 5) is 11.5. The topological polar surface area (TPSA) is 64.4 Å². The van der Waals surface area contributed by atoms with E-state index >= 15 is 0 Å². The summed E-state index contributed by atoms with van der Waals surface area (Å²) in [5.41, 5.74) is 5.37. The molecule has 1 saturated carbocycles. The third-order valence-corrected chi connectivity index (χ3v) is 3.18. The molecule has 0 spiro atoms. The molecule has 0 aromatic rings. The maximum absolute atomic E-state index is 11.5. The van der Waals surface area contributed by atoms with Crippen molar-refractivity contribution in [1.82, 2.24) is 5.32 Å². The Morgan fingerprint density at radius 3 is 2.87 bits per heavy atom. The summed E-state index contributed by atoms with van der Waals surface area (Å²) in [5, 5.41) is 3.07. The third-order valence-electron chi connectivity index (χ3n) is 3.18. The quantitative estimate of drug-likeness (QED) is 0.693. The highest BCUT2D eigenvalue weighted by Crippen LogP contribution is 2.38. The zero-order chi connectivity index (χ0) is 10.7. The minimum atomic E-state index is 0.126. The molecular formula is C11H20N2O2. The Labute approximate surface area is 90.5 Å². The Balaban J connectivity index is 1.74. The highest BCUT2D eigenvalue weighted by Gasteiger charge is 2.40. The van der Waals surface area contributed by atoms with Gasteiger partial charge in [0.2, 0.25) is 5.91 Å². The van der Waals surface area contributed by atoms with E-state index in [4.69, 9.17) is 10.5 Å². The summed E-state index contributed by atoms with van der Waals surface area (Å²) in [6.45, 7) is 1.38. The van der Waals surface area contributed by atoms with Gasteiger partial charge in [-0.2, -0.15) is 0 Å². The fourth-order valence-corrected chi connectivity index (χ4v) is 2.20. The van der Waals surface area contributed by atoms with Gasteiger partial charge in [-0.05, 0) is 38.1 Å². The van der Waals surface area contributed by atoms with Crippen LogP contribution >= 0.6 is 0 Å². The van der Waals surface area contributed by atoms with E-state index in [0.717, 1.165) is 19.4 Å². The van der Waals surface area contributed by atoms with Gasteiger partial charge in [0.25, 0.3) is 0 Å². The maximum Gasteiger partial charge on any atom is 0.220 e. The average molecular weight is 212 g/mol. The highest BCUT2D eigenvalue weighted by atomic mass is 16.5. The molecule has 4 nitrogen and oxygen atoms in total. The normalized spacial score (nSPS) is 30.5. The first-order valence-corrected chi connectivity index (χ1v) is 5.92. The first-order valence-electron chi connectivity index (χ1n) is 5.92. The summed E-state index contributed by atoms with van der Waals surface area (Å²) in [7, 11) is 0. The van der Waals surface area contributed by atoms with Crippen LogP contribution in [0.4, 0.5) is 0 Å². The predicted octanol–water partition coefficient (Wildman–Crippen LogP) is 0.409. The van der Waals surface area contributed by atoms with Gasteiger partial charge in [0.1, 0.15) is 0 Å². The zero-order valence-corrected chi connectivity index (χ0v) is 9.08. The maximum atomic E-state index is 11.5. The van der Waals surface area contributed by atoms with Crippen molar-refractivity contribution >= 4 is 5.91 Å². The van der Waals surface area contributed by atoms with Gasteiger partial charge in [-0.25, -0.2) is 0 Å². The number of nitrogens with two attached hydrogens (primary N) is 1. The Hall–Kier alpha value is -0.610. The minimum absolute atomic E-state index is 0.126. The molecule has 0 aromatic heterocycles. The first-order chi connectivity index (χ1) is 7.31. The van der Waals surface area contributed by atoms with Gasteiger partial charge in [-0.3, -0.25) is 4.79 Å². The van der Waals surface area contributed by atoms with Crippen molar-refractivity contribution in [2.45, 2.75) is 44.2 Å². The number of carbonyl (C=O) groups excluding carboxylic acids is 1. The van der Waals surface area contributed by atoms with Crippen molar-refractivity contribution in [3.05, 3.63) is 0 Å². The van der Waals surface area contributed by atoms with Crippen LogP contribution in [0.25, 0.3) is 0 Å². The number of hydrogen-bond acceptors (Lipinski definition) is 3. The molecule has 1 heterocycles. The van der Waals surface area contributed by atoms with Crippen molar-refractivity contribution in [2.24, 2.45) is 11.7 Å². The number of nitrogens with one attached hydrogen (secondary N) is 1. The smallest absolute Gasteiger partial charge is 0.220 e. The summed E-state index contributed by atoms with van der Waals surface area (Å²) in [6.07, 6.45) is 5.10. The molecule has 86 valence electrons. The molecule has 1 aliphatic heterocycles. The number of carbonyl (C=O) groups is 1. The van der Waals surface area contributed by atoms with E-state index in [-0.39, 0.29) is 18.1 Å². The van der Waals surface area contributed by atoms with Crippen LogP contribution in [-0.4, -0.2) is 31.2 Å². The molecule has 0 bridgehead atoms. The van der Waals surface area contributed by atoms with Crippen LogP contribution in [-0.2, 0) is 9.53 Å². The molecule has 2 fully saturated rings. The zero-order valence-electron chi connectivity index (χ0n) is 9.08. The first kappa shape index (κ1) is 10.9. The predicted molar refractivity (Wildman–Crippen MR) is 57.3 cm³/mol. The van der Waals surface area contributed by atoms with Crippen LogP contribution in [0.15, 0.2) is 0 Å². The second-order valence-electron chi connectivity index (χ2n) is 4.53. The van der Waals surface area contributed by atoms with Crippen molar-refractivity contribution in [1.29, 1.82) is 0 Å².